The molecule has 1 N–H and O–H groups in total. The molecule has 0 saturated heterocycles. The number of hydrogen-bond donors (Lipinski definition) is 1. The van der Waals surface area contributed by atoms with Crippen molar-refractivity contribution < 1.29 is 4.42 Å². The van der Waals surface area contributed by atoms with Crippen molar-refractivity contribution in [2.45, 2.75) is 33.2 Å². The Labute approximate surface area is 109 Å². The first-order chi connectivity index (χ1) is 8.65. The maximum atomic E-state index is 5.82. The van der Waals surface area contributed by atoms with Crippen LogP contribution in [0.4, 0.5) is 0 Å². The number of aryl methyl sites for hydroxylation is 3. The topological polar surface area (TPSA) is 25.2 Å². The van der Waals surface area contributed by atoms with Gasteiger partial charge in [0.15, 0.2) is 0 Å². The van der Waals surface area contributed by atoms with E-state index in [-0.39, 0.29) is 6.04 Å². The molecular weight excluding hydrogens is 222 g/mol. The molecule has 0 bridgehead atoms. The fourth-order valence-corrected chi connectivity index (χ4v) is 2.16. The second kappa shape index (κ2) is 5.40. The lowest BCUT2D eigenvalue weighted by molar-refractivity contribution is 0.443. The summed E-state index contributed by atoms with van der Waals surface area (Å²) in [6.07, 6.45) is 1.07. The summed E-state index contributed by atoms with van der Waals surface area (Å²) in [5.41, 5.74) is 3.80. The maximum absolute atomic E-state index is 5.82. The van der Waals surface area contributed by atoms with Crippen LogP contribution in [0.25, 0.3) is 0 Å². The molecule has 1 aromatic heterocycles. The molecule has 2 nitrogen and oxygen atoms in total. The van der Waals surface area contributed by atoms with Crippen LogP contribution in [0.5, 0.6) is 0 Å². The second-order valence-corrected chi connectivity index (χ2v) is 4.70. The van der Waals surface area contributed by atoms with E-state index in [1.165, 1.54) is 16.7 Å². The predicted octanol–water partition coefficient (Wildman–Crippen LogP) is 3.77. The van der Waals surface area contributed by atoms with Crippen molar-refractivity contribution in [3.63, 3.8) is 0 Å². The van der Waals surface area contributed by atoms with Gasteiger partial charge in [0.25, 0.3) is 0 Å². The molecular formula is C16H21NO. The fourth-order valence-electron chi connectivity index (χ4n) is 2.16. The minimum atomic E-state index is 0.128. The average molecular weight is 243 g/mol. The van der Waals surface area contributed by atoms with Crippen LogP contribution in [0.1, 0.15) is 41.2 Å². The SMILES string of the molecule is CCc1ccc(C(NC)c2cc(C)c(C)o2)cc1. The summed E-state index contributed by atoms with van der Waals surface area (Å²) in [5.74, 6) is 1.98. The maximum Gasteiger partial charge on any atom is 0.125 e. The van der Waals surface area contributed by atoms with E-state index in [9.17, 15) is 0 Å². The largest absolute Gasteiger partial charge is 0.464 e. The van der Waals surface area contributed by atoms with E-state index in [0.717, 1.165) is 17.9 Å². The molecule has 0 saturated carbocycles. The predicted molar refractivity (Wildman–Crippen MR) is 74.9 cm³/mol. The van der Waals surface area contributed by atoms with Crippen LogP contribution in [-0.2, 0) is 6.42 Å². The highest BCUT2D eigenvalue weighted by Crippen LogP contribution is 2.26. The molecule has 18 heavy (non-hydrogen) atoms. The van der Waals surface area contributed by atoms with Gasteiger partial charge < -0.3 is 9.73 Å². The highest BCUT2D eigenvalue weighted by Gasteiger charge is 2.16. The van der Waals surface area contributed by atoms with E-state index >= 15 is 0 Å². The van der Waals surface area contributed by atoms with Gasteiger partial charge in [-0.3, -0.25) is 0 Å². The Bertz CT molecular complexity index is 491. The molecule has 0 aliphatic heterocycles. The van der Waals surface area contributed by atoms with Crippen LogP contribution < -0.4 is 5.32 Å². The van der Waals surface area contributed by atoms with E-state index in [0.29, 0.717) is 0 Å². The molecule has 0 aliphatic carbocycles. The third-order valence-corrected chi connectivity index (χ3v) is 3.48. The Kier molecular flexibility index (Phi) is 3.87. The van der Waals surface area contributed by atoms with Gasteiger partial charge in [-0.2, -0.15) is 0 Å². The van der Waals surface area contributed by atoms with E-state index in [1.807, 2.05) is 14.0 Å². The summed E-state index contributed by atoms with van der Waals surface area (Å²) < 4.78 is 5.82. The number of furan rings is 1. The first-order valence-electron chi connectivity index (χ1n) is 6.48. The van der Waals surface area contributed by atoms with E-state index in [4.69, 9.17) is 4.42 Å². The number of hydrogen-bond acceptors (Lipinski definition) is 2. The summed E-state index contributed by atoms with van der Waals surface area (Å²) in [6.45, 7) is 6.25. The van der Waals surface area contributed by atoms with E-state index < -0.39 is 0 Å². The van der Waals surface area contributed by atoms with Crippen molar-refractivity contribution in [3.05, 3.63) is 58.5 Å². The Hall–Kier alpha value is -1.54. The van der Waals surface area contributed by atoms with Gasteiger partial charge in [-0.05, 0) is 50.1 Å². The molecule has 1 aromatic carbocycles. The van der Waals surface area contributed by atoms with Crippen LogP contribution >= 0.6 is 0 Å². The van der Waals surface area contributed by atoms with Gasteiger partial charge in [0.1, 0.15) is 11.5 Å². The quantitative estimate of drug-likeness (QED) is 0.884. The van der Waals surface area contributed by atoms with Crippen LogP contribution in [0.2, 0.25) is 0 Å². The monoisotopic (exact) mass is 243 g/mol. The van der Waals surface area contributed by atoms with Crippen molar-refractivity contribution in [3.8, 4) is 0 Å². The number of nitrogens with one attached hydrogen (secondary N) is 1. The Morgan fingerprint density at radius 2 is 1.83 bits per heavy atom. The smallest absolute Gasteiger partial charge is 0.125 e. The zero-order valence-electron chi connectivity index (χ0n) is 11.6. The average Bonchev–Trinajstić information content (AvgIpc) is 2.71. The Morgan fingerprint density at radius 1 is 1.17 bits per heavy atom. The third kappa shape index (κ3) is 2.49. The van der Waals surface area contributed by atoms with Gasteiger partial charge in [0.05, 0.1) is 6.04 Å². The standard InChI is InChI=1S/C16H21NO/c1-5-13-6-8-14(9-7-13)16(17-4)15-10-11(2)12(3)18-15/h6-10,16-17H,5H2,1-4H3. The van der Waals surface area contributed by atoms with Crippen LogP contribution in [0, 0.1) is 13.8 Å². The molecule has 0 amide bonds. The van der Waals surface area contributed by atoms with Gasteiger partial charge in [-0.15, -0.1) is 0 Å². The minimum absolute atomic E-state index is 0.128. The molecule has 0 spiro atoms. The molecule has 96 valence electrons. The van der Waals surface area contributed by atoms with Crippen molar-refractivity contribution in [2.75, 3.05) is 7.05 Å². The third-order valence-electron chi connectivity index (χ3n) is 3.48. The lowest BCUT2D eigenvalue weighted by Crippen LogP contribution is -2.16. The number of benzene rings is 1. The summed E-state index contributed by atoms with van der Waals surface area (Å²) in [4.78, 5) is 0. The highest BCUT2D eigenvalue weighted by molar-refractivity contribution is 5.32. The first-order valence-corrected chi connectivity index (χ1v) is 6.48. The first kappa shape index (κ1) is 12.9. The molecule has 2 rings (SSSR count). The van der Waals surface area contributed by atoms with E-state index in [2.05, 4.69) is 49.5 Å². The lowest BCUT2D eigenvalue weighted by atomic mass is 10.0. The molecule has 0 radical (unpaired) electrons. The summed E-state index contributed by atoms with van der Waals surface area (Å²) in [7, 11) is 1.96. The molecule has 1 atom stereocenters. The van der Waals surface area contributed by atoms with Crippen LogP contribution in [-0.4, -0.2) is 7.05 Å². The van der Waals surface area contributed by atoms with Gasteiger partial charge in [-0.1, -0.05) is 31.2 Å². The zero-order chi connectivity index (χ0) is 13.1. The summed E-state index contributed by atoms with van der Waals surface area (Å²) >= 11 is 0. The second-order valence-electron chi connectivity index (χ2n) is 4.70. The molecule has 0 aliphatic rings. The molecule has 0 fully saturated rings. The van der Waals surface area contributed by atoms with Crippen LogP contribution in [0.3, 0.4) is 0 Å². The summed E-state index contributed by atoms with van der Waals surface area (Å²) in [5, 5.41) is 3.32. The highest BCUT2D eigenvalue weighted by atomic mass is 16.3. The lowest BCUT2D eigenvalue weighted by Gasteiger charge is -2.14. The fraction of sp³-hybridized carbons (Fsp3) is 0.375. The van der Waals surface area contributed by atoms with Crippen molar-refractivity contribution in [1.82, 2.24) is 5.32 Å². The molecule has 2 heteroatoms. The normalized spacial score (nSPS) is 12.7. The van der Waals surface area contributed by atoms with Gasteiger partial charge >= 0.3 is 0 Å². The van der Waals surface area contributed by atoms with Crippen molar-refractivity contribution >= 4 is 0 Å². The Balaban J connectivity index is 2.32. The van der Waals surface area contributed by atoms with Gasteiger partial charge in [0.2, 0.25) is 0 Å². The van der Waals surface area contributed by atoms with Gasteiger partial charge in [0, 0.05) is 0 Å². The van der Waals surface area contributed by atoms with E-state index in [1.54, 1.807) is 0 Å². The van der Waals surface area contributed by atoms with Crippen LogP contribution in [0.15, 0.2) is 34.7 Å². The van der Waals surface area contributed by atoms with Gasteiger partial charge in [-0.25, -0.2) is 0 Å². The van der Waals surface area contributed by atoms with Crippen molar-refractivity contribution in [2.24, 2.45) is 0 Å². The molecule has 1 heterocycles. The van der Waals surface area contributed by atoms with Crippen molar-refractivity contribution in [1.29, 1.82) is 0 Å². The number of rotatable bonds is 4. The Morgan fingerprint density at radius 3 is 2.28 bits per heavy atom. The molecule has 1 unspecified atom stereocenters. The molecule has 2 aromatic rings. The minimum Gasteiger partial charge on any atom is -0.464 e. The summed E-state index contributed by atoms with van der Waals surface area (Å²) in [6, 6.07) is 11.0. The zero-order valence-corrected chi connectivity index (χ0v) is 11.6.